The molecular weight excluding hydrogens is 368 g/mol. The van der Waals surface area contributed by atoms with Gasteiger partial charge >= 0.3 is 0 Å². The molecule has 0 saturated carbocycles. The largest absolute Gasteiger partial charge is 0.388 e. The van der Waals surface area contributed by atoms with Crippen LogP contribution in [0.3, 0.4) is 0 Å². The molecule has 2 aliphatic rings. The Kier molecular flexibility index (Phi) is 4.94. The van der Waals surface area contributed by atoms with Gasteiger partial charge in [0, 0.05) is 12.0 Å². The first-order chi connectivity index (χ1) is 14.7. The molecule has 2 aliphatic carbocycles. The van der Waals surface area contributed by atoms with E-state index in [2.05, 4.69) is 48.5 Å². The normalized spacial score (nSPS) is 17.2. The average molecular weight is 392 g/mol. The highest BCUT2D eigenvalue weighted by molar-refractivity contribution is 6.08. The molecule has 148 valence electrons. The second-order valence-corrected chi connectivity index (χ2v) is 8.05. The number of hydrogen-bond donors (Lipinski definition) is 1. The maximum atomic E-state index is 11.2. The Morgan fingerprint density at radius 1 is 0.800 bits per heavy atom. The maximum absolute atomic E-state index is 11.2. The third-order valence-electron chi connectivity index (χ3n) is 6.18. The van der Waals surface area contributed by atoms with E-state index in [-0.39, 0.29) is 11.9 Å². The van der Waals surface area contributed by atoms with Crippen molar-refractivity contribution in [3.8, 4) is 0 Å². The van der Waals surface area contributed by atoms with Crippen molar-refractivity contribution in [3.63, 3.8) is 0 Å². The summed E-state index contributed by atoms with van der Waals surface area (Å²) in [6.45, 7) is 0. The van der Waals surface area contributed by atoms with Crippen molar-refractivity contribution in [2.45, 2.75) is 31.8 Å². The van der Waals surface area contributed by atoms with Gasteiger partial charge < -0.3 is 5.11 Å². The van der Waals surface area contributed by atoms with Crippen LogP contribution in [-0.4, -0.2) is 10.9 Å². The number of allylic oxidation sites excluding steroid dienone is 1. The van der Waals surface area contributed by atoms with Crippen molar-refractivity contribution in [1.82, 2.24) is 0 Å². The number of hydrogen-bond acceptors (Lipinski definition) is 2. The lowest BCUT2D eigenvalue weighted by Crippen LogP contribution is -2.09. The summed E-state index contributed by atoms with van der Waals surface area (Å²) in [6, 6.07) is 24.9. The highest BCUT2D eigenvalue weighted by Gasteiger charge is 2.20. The molecule has 1 atom stereocenters. The first-order valence-corrected chi connectivity index (χ1v) is 10.6. The highest BCUT2D eigenvalue weighted by Crippen LogP contribution is 2.37. The molecule has 0 fully saturated rings. The minimum atomic E-state index is -0.298. The van der Waals surface area contributed by atoms with Crippen molar-refractivity contribution < 1.29 is 9.90 Å². The van der Waals surface area contributed by atoms with E-state index in [9.17, 15) is 9.90 Å². The summed E-state index contributed by atoms with van der Waals surface area (Å²) in [4.78, 5) is 11.2. The quantitative estimate of drug-likeness (QED) is 0.340. The molecule has 0 saturated heterocycles. The Morgan fingerprint density at radius 2 is 1.60 bits per heavy atom. The molecule has 2 nitrogen and oxygen atoms in total. The third-order valence-corrected chi connectivity index (χ3v) is 6.18. The number of ketones is 1. The second kappa shape index (κ2) is 7.89. The fourth-order valence-electron chi connectivity index (χ4n) is 4.70. The highest BCUT2D eigenvalue weighted by atomic mass is 16.3. The molecule has 0 aliphatic heterocycles. The number of carbonyl (C=O) groups is 1. The third kappa shape index (κ3) is 3.34. The molecule has 1 N–H and O–H groups in total. The standard InChI is InChI=1S/C18H16O.C10H8O/c19-17-7-3-5-13-9-10-15-14-6-2-1-4-12(14)8-11-16(15)18(13)17;11-10-7-3-5-8-4-1-2-6-9(8)10/h1-2,4,6,8-11,17,19H,3,5,7H2;1-6H,7H2. The molecule has 0 aromatic heterocycles. The fourth-order valence-corrected chi connectivity index (χ4v) is 4.70. The van der Waals surface area contributed by atoms with Crippen molar-refractivity contribution in [1.29, 1.82) is 0 Å². The van der Waals surface area contributed by atoms with Crippen LogP contribution in [0.15, 0.2) is 78.9 Å². The zero-order valence-corrected chi connectivity index (χ0v) is 16.8. The number of Topliss-reactive ketones (excluding diaryl/α,β-unsaturated/α-hetero) is 1. The maximum Gasteiger partial charge on any atom is 0.167 e. The van der Waals surface area contributed by atoms with Gasteiger partial charge in [0.1, 0.15) is 0 Å². The molecule has 0 bridgehead atoms. The SMILES string of the molecule is O=C1CC=Cc2ccccc21.OC1CCCc2ccc3c(ccc4ccccc43)c21. The van der Waals surface area contributed by atoms with Gasteiger partial charge in [0.2, 0.25) is 0 Å². The predicted molar refractivity (Wildman–Crippen MR) is 124 cm³/mol. The van der Waals surface area contributed by atoms with Crippen LogP contribution in [0, 0.1) is 0 Å². The van der Waals surface area contributed by atoms with Crippen LogP contribution in [-0.2, 0) is 6.42 Å². The lowest BCUT2D eigenvalue weighted by molar-refractivity contribution is 0.0994. The molecule has 0 heterocycles. The summed E-state index contributed by atoms with van der Waals surface area (Å²) in [6.07, 6.45) is 7.23. The zero-order valence-electron chi connectivity index (χ0n) is 16.8. The molecule has 0 amide bonds. The number of rotatable bonds is 0. The second-order valence-electron chi connectivity index (χ2n) is 8.05. The van der Waals surface area contributed by atoms with E-state index >= 15 is 0 Å². The van der Waals surface area contributed by atoms with Gasteiger partial charge in [-0.25, -0.2) is 0 Å². The number of carbonyl (C=O) groups excluding carboxylic acids is 1. The molecule has 4 aromatic carbocycles. The number of aliphatic hydroxyl groups is 1. The van der Waals surface area contributed by atoms with Gasteiger partial charge in [0.05, 0.1) is 6.10 Å². The van der Waals surface area contributed by atoms with Gasteiger partial charge in [0.15, 0.2) is 5.78 Å². The number of aliphatic hydroxyl groups excluding tert-OH is 1. The van der Waals surface area contributed by atoms with Crippen LogP contribution in [0.2, 0.25) is 0 Å². The van der Waals surface area contributed by atoms with Crippen molar-refractivity contribution in [2.24, 2.45) is 0 Å². The topological polar surface area (TPSA) is 37.3 Å². The van der Waals surface area contributed by atoms with Crippen LogP contribution in [0.1, 0.15) is 52.4 Å². The van der Waals surface area contributed by atoms with E-state index in [0.29, 0.717) is 6.42 Å². The molecule has 4 aromatic rings. The lowest BCUT2D eigenvalue weighted by atomic mass is 9.85. The van der Waals surface area contributed by atoms with Crippen LogP contribution < -0.4 is 0 Å². The van der Waals surface area contributed by atoms with Gasteiger partial charge in [-0.2, -0.15) is 0 Å². The minimum Gasteiger partial charge on any atom is -0.388 e. The zero-order chi connectivity index (χ0) is 20.5. The summed E-state index contributed by atoms with van der Waals surface area (Å²) in [5.74, 6) is 0.225. The summed E-state index contributed by atoms with van der Waals surface area (Å²) < 4.78 is 0. The number of fused-ring (bicyclic) bond motifs is 6. The Labute approximate surface area is 176 Å². The van der Waals surface area contributed by atoms with Crippen LogP contribution in [0.5, 0.6) is 0 Å². The molecular formula is C28H24O2. The smallest absolute Gasteiger partial charge is 0.167 e. The van der Waals surface area contributed by atoms with Gasteiger partial charge in [-0.05, 0) is 57.5 Å². The Bertz CT molecular complexity index is 1280. The fraction of sp³-hybridized carbons (Fsp3) is 0.179. The van der Waals surface area contributed by atoms with Crippen LogP contribution >= 0.6 is 0 Å². The van der Waals surface area contributed by atoms with Crippen molar-refractivity contribution >= 4 is 33.4 Å². The van der Waals surface area contributed by atoms with Crippen LogP contribution in [0.4, 0.5) is 0 Å². The molecule has 0 radical (unpaired) electrons. The first kappa shape index (κ1) is 18.8. The molecule has 30 heavy (non-hydrogen) atoms. The summed E-state index contributed by atoms with van der Waals surface area (Å²) >= 11 is 0. The molecule has 6 rings (SSSR count). The van der Waals surface area contributed by atoms with E-state index in [4.69, 9.17) is 0 Å². The van der Waals surface area contributed by atoms with E-state index in [0.717, 1.165) is 36.0 Å². The van der Waals surface area contributed by atoms with Crippen LogP contribution in [0.25, 0.3) is 27.6 Å². The van der Waals surface area contributed by atoms with Gasteiger partial charge in [0.25, 0.3) is 0 Å². The molecule has 1 unspecified atom stereocenters. The Balaban J connectivity index is 0.000000149. The van der Waals surface area contributed by atoms with Gasteiger partial charge in [-0.1, -0.05) is 84.9 Å². The average Bonchev–Trinajstić information content (AvgIpc) is 2.79. The minimum absolute atomic E-state index is 0.225. The first-order valence-electron chi connectivity index (χ1n) is 10.6. The van der Waals surface area contributed by atoms with Gasteiger partial charge in [-0.15, -0.1) is 0 Å². The van der Waals surface area contributed by atoms with E-state index < -0.39 is 0 Å². The summed E-state index contributed by atoms with van der Waals surface area (Å²) in [5, 5.41) is 15.4. The summed E-state index contributed by atoms with van der Waals surface area (Å²) in [5.41, 5.74) is 4.38. The molecule has 2 heteroatoms. The molecule has 0 spiro atoms. The van der Waals surface area contributed by atoms with Crippen molar-refractivity contribution in [3.05, 3.63) is 101 Å². The summed E-state index contributed by atoms with van der Waals surface area (Å²) in [7, 11) is 0. The Hall–Kier alpha value is -3.23. The Morgan fingerprint density at radius 3 is 2.50 bits per heavy atom. The van der Waals surface area contributed by atoms with Gasteiger partial charge in [-0.3, -0.25) is 4.79 Å². The number of benzene rings is 4. The predicted octanol–water partition coefficient (Wildman–Crippen LogP) is 6.65. The monoisotopic (exact) mass is 392 g/mol. The lowest BCUT2D eigenvalue weighted by Gasteiger charge is -2.23. The number of aryl methyl sites for hydroxylation is 1. The van der Waals surface area contributed by atoms with E-state index in [1.165, 1.54) is 27.1 Å². The van der Waals surface area contributed by atoms with E-state index in [1.54, 1.807) is 0 Å². The van der Waals surface area contributed by atoms with E-state index in [1.807, 2.05) is 36.4 Å². The van der Waals surface area contributed by atoms with Crippen molar-refractivity contribution in [2.75, 3.05) is 0 Å².